The van der Waals surface area contributed by atoms with Crippen molar-refractivity contribution in [1.29, 1.82) is 0 Å². The van der Waals surface area contributed by atoms with Gasteiger partial charge in [0.05, 0.1) is 0 Å². The van der Waals surface area contributed by atoms with Crippen LogP contribution in [0.3, 0.4) is 0 Å². The molecule has 0 amide bonds. The average molecular weight is 394 g/mol. The van der Waals surface area contributed by atoms with Crippen LogP contribution in [0.5, 0.6) is 0 Å². The fraction of sp³-hybridized carbons (Fsp3) is 0.429. The van der Waals surface area contributed by atoms with Crippen molar-refractivity contribution >= 4 is 23.8 Å². The molecule has 4 rings (SSSR count). The first-order chi connectivity index (χ1) is 12.7. The van der Waals surface area contributed by atoms with E-state index in [-0.39, 0.29) is 30.0 Å². The number of nitrogens with two attached hydrogens (primary N) is 1. The molecular weight excluding hydrogens is 368 g/mol. The summed E-state index contributed by atoms with van der Waals surface area (Å²) in [5, 5.41) is 0. The highest BCUT2D eigenvalue weighted by Gasteiger charge is 2.42. The summed E-state index contributed by atoms with van der Waals surface area (Å²) in [6.45, 7) is 3.73. The largest absolute Gasteiger partial charge is 0.337 e. The maximum Gasteiger partial charge on any atom is 0.123 e. The van der Waals surface area contributed by atoms with Gasteiger partial charge in [0.15, 0.2) is 0 Å². The van der Waals surface area contributed by atoms with Gasteiger partial charge in [-0.15, -0.1) is 12.4 Å². The van der Waals surface area contributed by atoms with E-state index in [9.17, 15) is 8.78 Å². The third kappa shape index (κ3) is 3.96. The molecule has 1 unspecified atom stereocenters. The highest BCUT2D eigenvalue weighted by Crippen LogP contribution is 2.48. The molecule has 1 fully saturated rings. The molecule has 0 bridgehead atoms. The van der Waals surface area contributed by atoms with Crippen LogP contribution in [0.15, 0.2) is 42.5 Å². The Balaban J connectivity index is 0.00000210. The maximum absolute atomic E-state index is 14.0. The van der Waals surface area contributed by atoms with E-state index in [1.807, 2.05) is 18.2 Å². The number of hydrogen-bond donors (Lipinski definition) is 1. The summed E-state index contributed by atoms with van der Waals surface area (Å²) in [7, 11) is 0. The Morgan fingerprint density at radius 3 is 2.48 bits per heavy atom. The van der Waals surface area contributed by atoms with Gasteiger partial charge in [-0.05, 0) is 80.4 Å². The Hall–Kier alpha value is -1.69. The van der Waals surface area contributed by atoms with Gasteiger partial charge in [-0.1, -0.05) is 0 Å². The number of piperidine rings is 1. The smallest absolute Gasteiger partial charge is 0.123 e. The molecule has 2 aliphatic heterocycles. The number of halogens is 3. The molecule has 2 atom stereocenters. The lowest BCUT2D eigenvalue weighted by Crippen LogP contribution is -2.45. The van der Waals surface area contributed by atoms with E-state index in [0.29, 0.717) is 6.04 Å². The molecule has 0 aromatic heterocycles. The second kappa shape index (κ2) is 8.55. The van der Waals surface area contributed by atoms with Crippen molar-refractivity contribution in [3.63, 3.8) is 0 Å². The number of anilines is 2. The second-order valence-corrected chi connectivity index (χ2v) is 7.31. The molecule has 0 aliphatic carbocycles. The third-order valence-corrected chi connectivity index (χ3v) is 5.67. The van der Waals surface area contributed by atoms with Gasteiger partial charge in [0.2, 0.25) is 0 Å². The predicted molar refractivity (Wildman–Crippen MR) is 108 cm³/mol. The zero-order valence-corrected chi connectivity index (χ0v) is 16.1. The summed E-state index contributed by atoms with van der Waals surface area (Å²) in [5.74, 6) is -0.153. The molecule has 6 heteroatoms. The number of unbranched alkanes of at least 4 members (excludes halogenated alkanes) is 1. The minimum atomic E-state index is -0.237. The summed E-state index contributed by atoms with van der Waals surface area (Å²) in [6, 6.07) is 12.0. The summed E-state index contributed by atoms with van der Waals surface area (Å²) in [6.07, 6.45) is 3.16. The lowest BCUT2D eigenvalue weighted by molar-refractivity contribution is 0.194. The van der Waals surface area contributed by atoms with Crippen molar-refractivity contribution in [2.45, 2.75) is 31.2 Å². The zero-order valence-electron chi connectivity index (χ0n) is 15.3. The monoisotopic (exact) mass is 393 g/mol. The number of rotatable bonds is 5. The second-order valence-electron chi connectivity index (χ2n) is 7.31. The van der Waals surface area contributed by atoms with Gasteiger partial charge >= 0.3 is 0 Å². The third-order valence-electron chi connectivity index (χ3n) is 5.67. The van der Waals surface area contributed by atoms with E-state index in [4.69, 9.17) is 5.73 Å². The SMILES string of the molecule is Cl.NCCCCN1CC[C@@H]2C(C1)c1cc(F)ccc1N2c1ccc(F)cc1. The molecule has 0 radical (unpaired) electrons. The predicted octanol–water partition coefficient (Wildman–Crippen LogP) is 4.44. The molecule has 3 nitrogen and oxygen atoms in total. The van der Waals surface area contributed by atoms with Crippen LogP contribution < -0.4 is 10.6 Å². The average Bonchev–Trinajstić information content (AvgIpc) is 2.96. The topological polar surface area (TPSA) is 32.5 Å². The summed E-state index contributed by atoms with van der Waals surface area (Å²) in [5.41, 5.74) is 8.71. The lowest BCUT2D eigenvalue weighted by atomic mass is 9.89. The molecule has 2 heterocycles. The number of benzene rings is 2. The Labute approximate surface area is 165 Å². The molecule has 1 saturated heterocycles. The Bertz CT molecular complexity index is 769. The van der Waals surface area contributed by atoms with Crippen molar-refractivity contribution in [3.8, 4) is 0 Å². The van der Waals surface area contributed by atoms with Crippen molar-refractivity contribution in [1.82, 2.24) is 4.90 Å². The molecular formula is C21H26ClF2N3. The van der Waals surface area contributed by atoms with Crippen LogP contribution in [-0.2, 0) is 0 Å². The maximum atomic E-state index is 14.0. The standard InChI is InChI=1S/C21H25F2N3.ClH/c22-15-3-6-17(7-4-15)26-20-8-5-16(23)13-18(20)19-14-25(11-2-1-10-24)12-9-21(19)26;/h3-8,13,19,21H,1-2,9-12,14,24H2;1H/t19?,21-;/m1./s1. The normalized spacial score (nSPS) is 21.5. The highest BCUT2D eigenvalue weighted by molar-refractivity contribution is 5.85. The van der Waals surface area contributed by atoms with Gasteiger partial charge in [0, 0.05) is 36.4 Å². The first kappa shape index (κ1) is 20.1. The van der Waals surface area contributed by atoms with E-state index >= 15 is 0 Å². The minimum Gasteiger partial charge on any atom is -0.337 e. The molecule has 2 N–H and O–H groups in total. The Kier molecular flexibility index (Phi) is 6.35. The van der Waals surface area contributed by atoms with Crippen LogP contribution >= 0.6 is 12.4 Å². The number of likely N-dealkylation sites (tertiary alicyclic amines) is 1. The lowest BCUT2D eigenvalue weighted by Gasteiger charge is -2.39. The van der Waals surface area contributed by atoms with Crippen molar-refractivity contribution in [2.75, 3.05) is 31.1 Å². The van der Waals surface area contributed by atoms with E-state index in [1.54, 1.807) is 6.07 Å². The number of fused-ring (bicyclic) bond motifs is 3. The Morgan fingerprint density at radius 2 is 1.74 bits per heavy atom. The van der Waals surface area contributed by atoms with Gasteiger partial charge in [-0.2, -0.15) is 0 Å². The van der Waals surface area contributed by atoms with Crippen molar-refractivity contribution in [2.24, 2.45) is 5.73 Å². The first-order valence-electron chi connectivity index (χ1n) is 9.44. The molecule has 2 aromatic rings. The molecule has 0 spiro atoms. The summed E-state index contributed by atoms with van der Waals surface area (Å²) < 4.78 is 27.3. The van der Waals surface area contributed by atoms with E-state index < -0.39 is 0 Å². The zero-order chi connectivity index (χ0) is 18.1. The summed E-state index contributed by atoms with van der Waals surface area (Å²) >= 11 is 0. The molecule has 0 saturated carbocycles. The Morgan fingerprint density at radius 1 is 1.00 bits per heavy atom. The highest BCUT2D eigenvalue weighted by atomic mass is 35.5. The van der Waals surface area contributed by atoms with Gasteiger partial charge in [-0.25, -0.2) is 8.78 Å². The quantitative estimate of drug-likeness (QED) is 0.762. The van der Waals surface area contributed by atoms with Gasteiger partial charge in [0.25, 0.3) is 0 Å². The molecule has 2 aromatic carbocycles. The fourth-order valence-electron chi connectivity index (χ4n) is 4.46. The first-order valence-corrected chi connectivity index (χ1v) is 9.44. The van der Waals surface area contributed by atoms with Crippen LogP contribution in [0.2, 0.25) is 0 Å². The van der Waals surface area contributed by atoms with Crippen LogP contribution in [0, 0.1) is 11.6 Å². The molecule has 27 heavy (non-hydrogen) atoms. The van der Waals surface area contributed by atoms with Crippen LogP contribution in [0.4, 0.5) is 20.2 Å². The number of hydrogen-bond acceptors (Lipinski definition) is 3. The van der Waals surface area contributed by atoms with Gasteiger partial charge < -0.3 is 15.5 Å². The van der Waals surface area contributed by atoms with E-state index in [1.165, 1.54) is 18.2 Å². The van der Waals surface area contributed by atoms with Crippen LogP contribution in [0.1, 0.15) is 30.7 Å². The van der Waals surface area contributed by atoms with E-state index in [0.717, 1.165) is 62.4 Å². The minimum absolute atomic E-state index is 0. The van der Waals surface area contributed by atoms with Crippen LogP contribution in [0.25, 0.3) is 0 Å². The summed E-state index contributed by atoms with van der Waals surface area (Å²) in [4.78, 5) is 4.75. The van der Waals surface area contributed by atoms with Crippen molar-refractivity contribution < 1.29 is 8.78 Å². The van der Waals surface area contributed by atoms with Crippen molar-refractivity contribution in [3.05, 3.63) is 59.7 Å². The fourth-order valence-corrected chi connectivity index (χ4v) is 4.46. The van der Waals surface area contributed by atoms with Crippen LogP contribution in [-0.4, -0.2) is 37.1 Å². The van der Waals surface area contributed by atoms with Gasteiger partial charge in [-0.3, -0.25) is 0 Å². The molecule has 2 aliphatic rings. The van der Waals surface area contributed by atoms with Gasteiger partial charge in [0.1, 0.15) is 11.6 Å². The van der Waals surface area contributed by atoms with E-state index in [2.05, 4.69) is 9.80 Å². The number of nitrogens with zero attached hydrogens (tertiary/aromatic N) is 2. The molecule has 146 valence electrons.